The maximum Gasteiger partial charge on any atom is 0.134 e. The van der Waals surface area contributed by atoms with Crippen molar-refractivity contribution in [3.63, 3.8) is 0 Å². The quantitative estimate of drug-likeness (QED) is 0.252. The van der Waals surface area contributed by atoms with Crippen molar-refractivity contribution in [3.05, 3.63) is 126 Å². The number of nitrogens with one attached hydrogen (secondary N) is 1. The fourth-order valence-corrected chi connectivity index (χ4v) is 3.80. The Morgan fingerprint density at radius 3 is 1.94 bits per heavy atom. The Morgan fingerprint density at radius 2 is 1.37 bits per heavy atom. The number of allylic oxidation sites excluding steroid dienone is 4. The fourth-order valence-electron chi connectivity index (χ4n) is 3.80. The zero-order valence-corrected chi connectivity index (χ0v) is 20.2. The number of hydrogen-bond acceptors (Lipinski definition) is 3. The molecule has 0 aliphatic heterocycles. The minimum Gasteiger partial charge on any atom is -0.456 e. The lowest BCUT2D eigenvalue weighted by molar-refractivity contribution is 0.597. The highest BCUT2D eigenvalue weighted by molar-refractivity contribution is 5.65. The molecular formula is C32H36N2O. The number of benzene rings is 3. The summed E-state index contributed by atoms with van der Waals surface area (Å²) < 4.78 is 6.19. The van der Waals surface area contributed by atoms with Crippen LogP contribution in [-0.4, -0.2) is 7.05 Å². The van der Waals surface area contributed by atoms with Crippen LogP contribution in [0, 0.1) is 0 Å². The molecule has 0 aliphatic rings. The van der Waals surface area contributed by atoms with Crippen molar-refractivity contribution in [1.82, 2.24) is 5.32 Å². The molecule has 1 aromatic heterocycles. The van der Waals surface area contributed by atoms with Gasteiger partial charge < -0.3 is 14.6 Å². The number of rotatable bonds is 9. The number of hydrogen-bond donors (Lipinski definition) is 1. The maximum absolute atomic E-state index is 6.19. The summed E-state index contributed by atoms with van der Waals surface area (Å²) in [6.45, 7) is 5.76. The van der Waals surface area contributed by atoms with Gasteiger partial charge in [-0.15, -0.1) is 0 Å². The minimum absolute atomic E-state index is 0. The second-order valence-corrected chi connectivity index (χ2v) is 8.48. The summed E-state index contributed by atoms with van der Waals surface area (Å²) in [5.41, 5.74) is 7.03. The van der Waals surface area contributed by atoms with E-state index in [4.69, 9.17) is 4.42 Å². The minimum atomic E-state index is 0. The third kappa shape index (κ3) is 7.00. The standard InChI is InChI=1S/C31H32N2O.CH4/c1-4-5-9-24(2)32-22-25-12-16-27(17-13-25)30-20-21-31(34-30)28-18-14-26(15-19-28)23-33(3)29-10-7-6-8-11-29;/h4-21,32H,22-23H2,1-3H3;1H4/b5-4-,24-9+;. The van der Waals surface area contributed by atoms with Gasteiger partial charge in [-0.2, -0.15) is 0 Å². The van der Waals surface area contributed by atoms with Gasteiger partial charge in [-0.3, -0.25) is 0 Å². The molecule has 1 heterocycles. The molecule has 180 valence electrons. The Morgan fingerprint density at radius 1 is 0.800 bits per heavy atom. The van der Waals surface area contributed by atoms with E-state index in [9.17, 15) is 0 Å². The summed E-state index contributed by atoms with van der Waals surface area (Å²) in [6, 6.07) is 31.7. The summed E-state index contributed by atoms with van der Waals surface area (Å²) in [7, 11) is 2.12. The van der Waals surface area contributed by atoms with Crippen LogP contribution >= 0.6 is 0 Å². The first-order chi connectivity index (χ1) is 16.6. The first-order valence-corrected chi connectivity index (χ1v) is 11.7. The van der Waals surface area contributed by atoms with Gasteiger partial charge in [0, 0.05) is 42.6 Å². The molecule has 0 amide bonds. The van der Waals surface area contributed by atoms with Crippen molar-refractivity contribution >= 4 is 5.69 Å². The highest BCUT2D eigenvalue weighted by Crippen LogP contribution is 2.29. The van der Waals surface area contributed by atoms with E-state index in [0.29, 0.717) is 0 Å². The van der Waals surface area contributed by atoms with Crippen LogP contribution in [-0.2, 0) is 13.1 Å². The first kappa shape index (κ1) is 25.6. The summed E-state index contributed by atoms with van der Waals surface area (Å²) in [4.78, 5) is 2.25. The summed E-state index contributed by atoms with van der Waals surface area (Å²) in [6.07, 6.45) is 6.14. The number of anilines is 1. The molecule has 4 rings (SSSR count). The average Bonchev–Trinajstić information content (AvgIpc) is 3.38. The molecule has 0 bridgehead atoms. The van der Waals surface area contributed by atoms with Gasteiger partial charge in [-0.1, -0.05) is 86.3 Å². The molecule has 0 spiro atoms. The van der Waals surface area contributed by atoms with Gasteiger partial charge in [-0.05, 0) is 55.3 Å². The SMILES string of the molecule is C.C/C=C\C=C(/C)NCc1ccc(-c2ccc(-c3ccc(CN(C)c4ccccc4)cc3)o2)cc1. The topological polar surface area (TPSA) is 28.4 Å². The number of nitrogens with zero attached hydrogens (tertiary/aromatic N) is 1. The van der Waals surface area contributed by atoms with E-state index in [2.05, 4.69) is 103 Å². The van der Waals surface area contributed by atoms with E-state index in [-0.39, 0.29) is 7.43 Å². The molecule has 3 heteroatoms. The van der Waals surface area contributed by atoms with Crippen LogP contribution in [0.2, 0.25) is 0 Å². The van der Waals surface area contributed by atoms with Gasteiger partial charge in [0.1, 0.15) is 11.5 Å². The molecule has 0 radical (unpaired) electrons. The van der Waals surface area contributed by atoms with Crippen LogP contribution in [0.25, 0.3) is 22.6 Å². The van der Waals surface area contributed by atoms with E-state index in [1.54, 1.807) is 0 Å². The molecule has 3 nitrogen and oxygen atoms in total. The van der Waals surface area contributed by atoms with Gasteiger partial charge in [-0.25, -0.2) is 0 Å². The predicted octanol–water partition coefficient (Wildman–Crippen LogP) is 8.46. The highest BCUT2D eigenvalue weighted by atomic mass is 16.3. The fraction of sp³-hybridized carbons (Fsp3) is 0.188. The molecule has 35 heavy (non-hydrogen) atoms. The summed E-state index contributed by atoms with van der Waals surface area (Å²) in [5, 5.41) is 3.43. The van der Waals surface area contributed by atoms with Crippen LogP contribution in [0.1, 0.15) is 32.4 Å². The maximum atomic E-state index is 6.19. The van der Waals surface area contributed by atoms with Crippen molar-refractivity contribution < 1.29 is 4.42 Å². The third-order valence-electron chi connectivity index (χ3n) is 5.81. The lowest BCUT2D eigenvalue weighted by Gasteiger charge is -2.19. The summed E-state index contributed by atoms with van der Waals surface area (Å²) >= 11 is 0. The van der Waals surface area contributed by atoms with E-state index in [0.717, 1.165) is 41.4 Å². The largest absolute Gasteiger partial charge is 0.456 e. The Hall–Kier alpha value is -3.98. The molecule has 0 saturated carbocycles. The first-order valence-electron chi connectivity index (χ1n) is 11.7. The lowest BCUT2D eigenvalue weighted by Crippen LogP contribution is -2.15. The van der Waals surface area contributed by atoms with Crippen LogP contribution in [0.4, 0.5) is 5.69 Å². The number of para-hydroxylation sites is 1. The molecule has 0 unspecified atom stereocenters. The lowest BCUT2D eigenvalue weighted by atomic mass is 10.1. The van der Waals surface area contributed by atoms with Crippen LogP contribution in [0.15, 0.2) is 119 Å². The second-order valence-electron chi connectivity index (χ2n) is 8.48. The Balaban J connectivity index is 0.00000342. The van der Waals surface area contributed by atoms with Gasteiger partial charge >= 0.3 is 0 Å². The zero-order chi connectivity index (χ0) is 23.8. The van der Waals surface area contributed by atoms with E-state index < -0.39 is 0 Å². The Bertz CT molecular complexity index is 1230. The van der Waals surface area contributed by atoms with E-state index >= 15 is 0 Å². The zero-order valence-electron chi connectivity index (χ0n) is 20.2. The van der Waals surface area contributed by atoms with Gasteiger partial charge in [0.25, 0.3) is 0 Å². The average molecular weight is 465 g/mol. The molecule has 0 atom stereocenters. The normalized spacial score (nSPS) is 11.3. The smallest absolute Gasteiger partial charge is 0.134 e. The van der Waals surface area contributed by atoms with Crippen molar-refractivity contribution in [2.75, 3.05) is 11.9 Å². The van der Waals surface area contributed by atoms with Gasteiger partial charge in [0.15, 0.2) is 0 Å². The molecule has 0 saturated heterocycles. The molecule has 0 aliphatic carbocycles. The summed E-state index contributed by atoms with van der Waals surface area (Å²) in [5.74, 6) is 1.76. The Kier molecular flexibility index (Phi) is 9.14. The third-order valence-corrected chi connectivity index (χ3v) is 5.81. The van der Waals surface area contributed by atoms with Crippen molar-refractivity contribution in [2.24, 2.45) is 0 Å². The molecule has 1 N–H and O–H groups in total. The molecule has 4 aromatic rings. The van der Waals surface area contributed by atoms with Gasteiger partial charge in [0.2, 0.25) is 0 Å². The predicted molar refractivity (Wildman–Crippen MR) is 150 cm³/mol. The highest BCUT2D eigenvalue weighted by Gasteiger charge is 2.08. The van der Waals surface area contributed by atoms with Crippen molar-refractivity contribution in [1.29, 1.82) is 0 Å². The number of furan rings is 1. The van der Waals surface area contributed by atoms with Crippen LogP contribution in [0.5, 0.6) is 0 Å². The molecular weight excluding hydrogens is 428 g/mol. The molecule has 0 fully saturated rings. The van der Waals surface area contributed by atoms with Crippen molar-refractivity contribution in [2.45, 2.75) is 34.4 Å². The van der Waals surface area contributed by atoms with E-state index in [1.165, 1.54) is 16.8 Å². The second kappa shape index (κ2) is 12.5. The van der Waals surface area contributed by atoms with Crippen LogP contribution in [0.3, 0.4) is 0 Å². The molecule has 3 aromatic carbocycles. The van der Waals surface area contributed by atoms with Gasteiger partial charge in [0.05, 0.1) is 0 Å². The monoisotopic (exact) mass is 464 g/mol. The Labute approximate surface area is 210 Å². The van der Waals surface area contributed by atoms with Crippen molar-refractivity contribution in [3.8, 4) is 22.6 Å². The van der Waals surface area contributed by atoms with E-state index in [1.807, 2.05) is 37.3 Å². The van der Waals surface area contributed by atoms with Crippen LogP contribution < -0.4 is 10.2 Å².